The number of thiophene rings is 1. The molecule has 7 heteroatoms. The number of primary amides is 1. The summed E-state index contributed by atoms with van der Waals surface area (Å²) in [4.78, 5) is 37.2. The Morgan fingerprint density at radius 1 is 1.29 bits per heavy atom. The standard InChI is InChI=1S/C17H17N3O3S/c1-8-9(2)24-17(14(8)15(18)22)20-16(23)11-7-13(21)19-12-6-4-3-5-10(11)12/h3-6,11H,7H2,1-2H3,(H2,18,22)(H,19,21)(H,20,23)/t11-/m0/s1. The van der Waals surface area contributed by atoms with Crippen molar-refractivity contribution in [1.82, 2.24) is 0 Å². The fraction of sp³-hybridized carbons (Fsp3) is 0.235. The van der Waals surface area contributed by atoms with Gasteiger partial charge in [0.2, 0.25) is 11.8 Å². The molecule has 0 bridgehead atoms. The highest BCUT2D eigenvalue weighted by Crippen LogP contribution is 2.36. The molecule has 3 amide bonds. The Bertz CT molecular complexity index is 857. The van der Waals surface area contributed by atoms with E-state index in [-0.39, 0.29) is 18.2 Å². The number of hydrogen-bond acceptors (Lipinski definition) is 4. The average Bonchev–Trinajstić information content (AvgIpc) is 2.80. The van der Waals surface area contributed by atoms with Crippen LogP contribution in [0.5, 0.6) is 0 Å². The fourth-order valence-electron chi connectivity index (χ4n) is 2.86. The van der Waals surface area contributed by atoms with Crippen LogP contribution in [0, 0.1) is 13.8 Å². The lowest BCUT2D eigenvalue weighted by Gasteiger charge is -2.24. The van der Waals surface area contributed by atoms with E-state index in [2.05, 4.69) is 10.6 Å². The maximum atomic E-state index is 12.7. The lowest BCUT2D eigenvalue weighted by molar-refractivity contribution is -0.123. The monoisotopic (exact) mass is 343 g/mol. The molecule has 0 fully saturated rings. The number of nitrogens with one attached hydrogen (secondary N) is 2. The zero-order valence-corrected chi connectivity index (χ0v) is 14.1. The van der Waals surface area contributed by atoms with Crippen LogP contribution >= 0.6 is 11.3 Å². The van der Waals surface area contributed by atoms with Gasteiger partial charge in [-0.25, -0.2) is 0 Å². The summed E-state index contributed by atoms with van der Waals surface area (Å²) >= 11 is 1.31. The summed E-state index contributed by atoms with van der Waals surface area (Å²) in [6.45, 7) is 3.66. The third-order valence-electron chi connectivity index (χ3n) is 4.18. The van der Waals surface area contributed by atoms with E-state index in [9.17, 15) is 14.4 Å². The highest BCUT2D eigenvalue weighted by atomic mass is 32.1. The Hall–Kier alpha value is -2.67. The maximum absolute atomic E-state index is 12.7. The number of anilines is 2. The fourth-order valence-corrected chi connectivity index (χ4v) is 3.92. The molecule has 1 atom stereocenters. The van der Waals surface area contributed by atoms with Gasteiger partial charge in [0.1, 0.15) is 5.00 Å². The van der Waals surface area contributed by atoms with Crippen molar-refractivity contribution < 1.29 is 14.4 Å². The topological polar surface area (TPSA) is 101 Å². The number of hydrogen-bond donors (Lipinski definition) is 3. The second-order valence-electron chi connectivity index (χ2n) is 5.73. The molecule has 0 unspecified atom stereocenters. The molecule has 0 saturated carbocycles. The minimum Gasteiger partial charge on any atom is -0.365 e. The summed E-state index contributed by atoms with van der Waals surface area (Å²) in [5.41, 5.74) is 7.94. The zero-order chi connectivity index (χ0) is 17.4. The number of carbonyl (C=O) groups is 3. The second kappa shape index (κ2) is 6.09. The van der Waals surface area contributed by atoms with Crippen molar-refractivity contribution in [3.05, 3.63) is 45.8 Å². The van der Waals surface area contributed by atoms with Crippen molar-refractivity contribution in [2.24, 2.45) is 5.73 Å². The minimum absolute atomic E-state index is 0.0676. The van der Waals surface area contributed by atoms with E-state index in [4.69, 9.17) is 5.73 Å². The van der Waals surface area contributed by atoms with Crippen molar-refractivity contribution in [2.75, 3.05) is 10.6 Å². The van der Waals surface area contributed by atoms with Crippen molar-refractivity contribution >= 4 is 39.7 Å². The first-order valence-electron chi connectivity index (χ1n) is 7.48. The molecule has 0 radical (unpaired) electrons. The van der Waals surface area contributed by atoms with Crippen molar-refractivity contribution in [3.63, 3.8) is 0 Å². The van der Waals surface area contributed by atoms with E-state index < -0.39 is 11.8 Å². The summed E-state index contributed by atoms with van der Waals surface area (Å²) in [7, 11) is 0. The summed E-state index contributed by atoms with van der Waals surface area (Å²) in [5.74, 6) is -1.70. The first kappa shape index (κ1) is 16.2. The molecular formula is C17H17N3O3S. The van der Waals surface area contributed by atoms with Crippen LogP contribution in [0.25, 0.3) is 0 Å². The van der Waals surface area contributed by atoms with Gasteiger partial charge in [0, 0.05) is 17.0 Å². The molecule has 0 aliphatic carbocycles. The predicted molar refractivity (Wildman–Crippen MR) is 93.4 cm³/mol. The number of nitrogens with two attached hydrogens (primary N) is 1. The van der Waals surface area contributed by atoms with E-state index in [0.29, 0.717) is 16.3 Å². The lowest BCUT2D eigenvalue weighted by atomic mass is 9.90. The van der Waals surface area contributed by atoms with Crippen LogP contribution in [-0.2, 0) is 9.59 Å². The molecule has 124 valence electrons. The van der Waals surface area contributed by atoms with Gasteiger partial charge < -0.3 is 16.4 Å². The average molecular weight is 343 g/mol. The summed E-state index contributed by atoms with van der Waals surface area (Å²) in [6, 6.07) is 7.21. The van der Waals surface area contributed by atoms with Crippen molar-refractivity contribution in [2.45, 2.75) is 26.2 Å². The third kappa shape index (κ3) is 2.78. The summed E-state index contributed by atoms with van der Waals surface area (Å²) in [5, 5.41) is 5.98. The molecule has 2 aromatic rings. The summed E-state index contributed by atoms with van der Waals surface area (Å²) < 4.78 is 0. The number of amides is 3. The van der Waals surface area contributed by atoms with Gasteiger partial charge in [0.15, 0.2) is 0 Å². The van der Waals surface area contributed by atoms with Gasteiger partial charge in [-0.1, -0.05) is 18.2 Å². The number of para-hydroxylation sites is 1. The van der Waals surface area contributed by atoms with Crippen molar-refractivity contribution in [3.8, 4) is 0 Å². The van der Waals surface area contributed by atoms with Gasteiger partial charge in [-0.3, -0.25) is 14.4 Å². The Balaban J connectivity index is 1.93. The SMILES string of the molecule is Cc1sc(NC(=O)[C@H]2CC(=O)Nc3ccccc32)c(C(N)=O)c1C. The van der Waals surface area contributed by atoms with Gasteiger partial charge in [-0.05, 0) is 31.0 Å². The summed E-state index contributed by atoms with van der Waals surface area (Å²) in [6.07, 6.45) is 0.0676. The van der Waals surface area contributed by atoms with E-state index in [1.54, 1.807) is 19.1 Å². The highest BCUT2D eigenvalue weighted by Gasteiger charge is 2.31. The number of fused-ring (bicyclic) bond motifs is 1. The molecule has 1 aromatic carbocycles. The van der Waals surface area contributed by atoms with Gasteiger partial charge in [0.05, 0.1) is 11.5 Å². The van der Waals surface area contributed by atoms with Crippen LogP contribution < -0.4 is 16.4 Å². The molecular weight excluding hydrogens is 326 g/mol. The van der Waals surface area contributed by atoms with Crippen LogP contribution in [0.4, 0.5) is 10.7 Å². The van der Waals surface area contributed by atoms with Gasteiger partial charge in [0.25, 0.3) is 5.91 Å². The number of benzene rings is 1. The van der Waals surface area contributed by atoms with E-state index in [1.807, 2.05) is 19.1 Å². The lowest BCUT2D eigenvalue weighted by Crippen LogP contribution is -2.31. The van der Waals surface area contributed by atoms with E-state index in [0.717, 1.165) is 16.0 Å². The zero-order valence-electron chi connectivity index (χ0n) is 13.3. The van der Waals surface area contributed by atoms with E-state index >= 15 is 0 Å². The molecule has 4 N–H and O–H groups in total. The first-order chi connectivity index (χ1) is 11.4. The predicted octanol–water partition coefficient (Wildman–Crippen LogP) is 2.53. The Morgan fingerprint density at radius 3 is 2.71 bits per heavy atom. The Labute approximate surface area is 143 Å². The second-order valence-corrected chi connectivity index (χ2v) is 6.96. The van der Waals surface area contributed by atoms with Crippen molar-refractivity contribution in [1.29, 1.82) is 0 Å². The number of aryl methyl sites for hydroxylation is 1. The normalized spacial score (nSPS) is 16.2. The molecule has 1 aromatic heterocycles. The van der Waals surface area contributed by atoms with Crippen LogP contribution in [0.2, 0.25) is 0 Å². The number of carbonyl (C=O) groups excluding carboxylic acids is 3. The quantitative estimate of drug-likeness (QED) is 0.798. The van der Waals surface area contributed by atoms with Crippen LogP contribution in [0.15, 0.2) is 24.3 Å². The Morgan fingerprint density at radius 2 is 2.00 bits per heavy atom. The molecule has 0 spiro atoms. The maximum Gasteiger partial charge on any atom is 0.251 e. The molecule has 1 aliphatic heterocycles. The molecule has 6 nitrogen and oxygen atoms in total. The van der Waals surface area contributed by atoms with Gasteiger partial charge in [-0.15, -0.1) is 11.3 Å². The van der Waals surface area contributed by atoms with Crippen LogP contribution in [0.3, 0.4) is 0 Å². The molecule has 2 heterocycles. The molecule has 0 saturated heterocycles. The number of rotatable bonds is 3. The third-order valence-corrected chi connectivity index (χ3v) is 5.31. The largest absolute Gasteiger partial charge is 0.365 e. The molecule has 3 rings (SSSR count). The van der Waals surface area contributed by atoms with Gasteiger partial charge in [-0.2, -0.15) is 0 Å². The molecule has 24 heavy (non-hydrogen) atoms. The minimum atomic E-state index is -0.599. The smallest absolute Gasteiger partial charge is 0.251 e. The highest BCUT2D eigenvalue weighted by molar-refractivity contribution is 7.16. The van der Waals surface area contributed by atoms with E-state index in [1.165, 1.54) is 11.3 Å². The van der Waals surface area contributed by atoms with Crippen LogP contribution in [-0.4, -0.2) is 17.7 Å². The van der Waals surface area contributed by atoms with Gasteiger partial charge >= 0.3 is 0 Å². The Kier molecular flexibility index (Phi) is 4.11. The van der Waals surface area contributed by atoms with Crippen LogP contribution in [0.1, 0.15) is 38.7 Å². The first-order valence-corrected chi connectivity index (χ1v) is 8.29. The molecule has 1 aliphatic rings.